The maximum atomic E-state index is 12.6. The van der Waals surface area contributed by atoms with Gasteiger partial charge < -0.3 is 14.8 Å². The lowest BCUT2D eigenvalue weighted by atomic mass is 10.0. The van der Waals surface area contributed by atoms with Crippen LogP contribution < -0.4 is 14.8 Å². The smallest absolute Gasteiger partial charge is 0.225 e. The van der Waals surface area contributed by atoms with Crippen LogP contribution in [-0.2, 0) is 17.8 Å². The summed E-state index contributed by atoms with van der Waals surface area (Å²) in [6.07, 6.45) is 2.71. The fourth-order valence-electron chi connectivity index (χ4n) is 3.86. The van der Waals surface area contributed by atoms with Crippen molar-refractivity contribution < 1.29 is 14.3 Å². The van der Waals surface area contributed by atoms with E-state index in [-0.39, 0.29) is 5.91 Å². The monoisotopic (exact) mass is 413 g/mol. The Morgan fingerprint density at radius 2 is 1.81 bits per heavy atom. The van der Waals surface area contributed by atoms with E-state index in [1.807, 2.05) is 47.1 Å². The molecule has 0 bridgehead atoms. The first-order chi connectivity index (χ1) is 15.3. The summed E-state index contributed by atoms with van der Waals surface area (Å²) in [4.78, 5) is 12.6. The standard InChI is InChI=1S/C25H23N3O3/c29-25(11-9-18-8-10-22-23(16-18)31-15-14-30-22)27-24-12-13-26-28(24)17-20-6-3-5-19-4-1-2-7-21(19)20/h1-8,10,12-13,16H,9,11,14-15,17H2,(H,27,29). The molecule has 1 aliphatic heterocycles. The van der Waals surface area contributed by atoms with E-state index < -0.39 is 0 Å². The Bertz CT molecular complexity index is 1230. The second-order valence-corrected chi connectivity index (χ2v) is 7.54. The summed E-state index contributed by atoms with van der Waals surface area (Å²) in [6.45, 7) is 1.71. The zero-order valence-corrected chi connectivity index (χ0v) is 17.1. The molecule has 1 aliphatic rings. The van der Waals surface area contributed by atoms with Crippen molar-refractivity contribution in [2.45, 2.75) is 19.4 Å². The third-order valence-corrected chi connectivity index (χ3v) is 5.43. The number of nitrogens with zero attached hydrogens (tertiary/aromatic N) is 2. The Labute approximate surface area is 180 Å². The molecule has 0 fully saturated rings. The van der Waals surface area contributed by atoms with Gasteiger partial charge in [0.2, 0.25) is 5.91 Å². The van der Waals surface area contributed by atoms with E-state index in [1.165, 1.54) is 10.8 Å². The molecule has 0 aliphatic carbocycles. The van der Waals surface area contributed by atoms with Gasteiger partial charge in [-0.15, -0.1) is 0 Å². The molecule has 2 heterocycles. The number of fused-ring (bicyclic) bond motifs is 2. The zero-order valence-electron chi connectivity index (χ0n) is 17.1. The van der Waals surface area contributed by atoms with Gasteiger partial charge in [-0.3, -0.25) is 4.79 Å². The lowest BCUT2D eigenvalue weighted by molar-refractivity contribution is -0.116. The molecule has 156 valence electrons. The van der Waals surface area contributed by atoms with Gasteiger partial charge in [0.05, 0.1) is 12.7 Å². The molecule has 31 heavy (non-hydrogen) atoms. The van der Waals surface area contributed by atoms with Crippen molar-refractivity contribution in [2.24, 2.45) is 0 Å². The molecular formula is C25H23N3O3. The minimum atomic E-state index is -0.0467. The highest BCUT2D eigenvalue weighted by Crippen LogP contribution is 2.31. The van der Waals surface area contributed by atoms with Crippen LogP contribution in [0.1, 0.15) is 17.5 Å². The van der Waals surface area contributed by atoms with Gasteiger partial charge in [-0.05, 0) is 40.5 Å². The number of aromatic nitrogens is 2. The molecule has 3 aromatic carbocycles. The van der Waals surface area contributed by atoms with Crippen LogP contribution in [0.4, 0.5) is 5.82 Å². The molecule has 1 amide bonds. The van der Waals surface area contributed by atoms with Crippen LogP contribution in [0.15, 0.2) is 72.9 Å². The number of amides is 1. The van der Waals surface area contributed by atoms with Crippen molar-refractivity contribution in [1.82, 2.24) is 9.78 Å². The van der Waals surface area contributed by atoms with Crippen LogP contribution in [0.3, 0.4) is 0 Å². The molecule has 0 spiro atoms. The number of carbonyl (C=O) groups is 1. The number of hydrogen-bond acceptors (Lipinski definition) is 4. The largest absolute Gasteiger partial charge is 0.486 e. The first-order valence-corrected chi connectivity index (χ1v) is 10.4. The normalized spacial score (nSPS) is 12.6. The number of hydrogen-bond donors (Lipinski definition) is 1. The van der Waals surface area contributed by atoms with Gasteiger partial charge >= 0.3 is 0 Å². The van der Waals surface area contributed by atoms with E-state index in [2.05, 4.69) is 34.7 Å². The summed E-state index contributed by atoms with van der Waals surface area (Å²) in [7, 11) is 0. The zero-order chi connectivity index (χ0) is 21.0. The third kappa shape index (κ3) is 4.23. The Balaban J connectivity index is 1.24. The SMILES string of the molecule is O=C(CCc1ccc2c(c1)OCCO2)Nc1ccnn1Cc1cccc2ccccc12. The van der Waals surface area contributed by atoms with Crippen molar-refractivity contribution in [3.63, 3.8) is 0 Å². The van der Waals surface area contributed by atoms with Crippen LogP contribution >= 0.6 is 0 Å². The van der Waals surface area contributed by atoms with Gasteiger partial charge in [0.1, 0.15) is 19.0 Å². The van der Waals surface area contributed by atoms with E-state index in [0.29, 0.717) is 38.4 Å². The molecule has 6 nitrogen and oxygen atoms in total. The topological polar surface area (TPSA) is 65.4 Å². The summed E-state index contributed by atoms with van der Waals surface area (Å²) >= 11 is 0. The van der Waals surface area contributed by atoms with E-state index in [1.54, 1.807) is 6.20 Å². The molecule has 1 N–H and O–H groups in total. The Hall–Kier alpha value is -3.80. The van der Waals surface area contributed by atoms with Crippen LogP contribution in [0.5, 0.6) is 11.5 Å². The van der Waals surface area contributed by atoms with Gasteiger partial charge in [-0.25, -0.2) is 4.68 Å². The first kappa shape index (κ1) is 19.2. The summed E-state index contributed by atoms with van der Waals surface area (Å²) < 4.78 is 13.0. The summed E-state index contributed by atoms with van der Waals surface area (Å²) in [5, 5.41) is 9.79. The fourth-order valence-corrected chi connectivity index (χ4v) is 3.86. The predicted octanol–water partition coefficient (Wildman–Crippen LogP) is 4.43. The molecule has 0 saturated heterocycles. The average Bonchev–Trinajstić information content (AvgIpc) is 3.24. The van der Waals surface area contributed by atoms with Crippen LogP contribution in [0.2, 0.25) is 0 Å². The molecule has 6 heteroatoms. The first-order valence-electron chi connectivity index (χ1n) is 10.4. The summed E-state index contributed by atoms with van der Waals surface area (Å²) in [6, 6.07) is 22.2. The number of nitrogens with one attached hydrogen (secondary N) is 1. The Morgan fingerprint density at radius 1 is 0.968 bits per heavy atom. The van der Waals surface area contributed by atoms with Crippen molar-refractivity contribution in [1.29, 1.82) is 0 Å². The Kier molecular flexibility index (Phi) is 5.27. The number of aryl methyl sites for hydroxylation is 1. The van der Waals surface area contributed by atoms with E-state index in [4.69, 9.17) is 9.47 Å². The van der Waals surface area contributed by atoms with Gasteiger partial charge in [0.25, 0.3) is 0 Å². The highest BCUT2D eigenvalue weighted by atomic mass is 16.6. The molecule has 4 aromatic rings. The lowest BCUT2D eigenvalue weighted by Gasteiger charge is -2.18. The van der Waals surface area contributed by atoms with E-state index in [0.717, 1.165) is 22.6 Å². The number of anilines is 1. The third-order valence-electron chi connectivity index (χ3n) is 5.43. The van der Waals surface area contributed by atoms with Crippen molar-refractivity contribution in [3.05, 3.63) is 84.1 Å². The van der Waals surface area contributed by atoms with Gasteiger partial charge in [-0.1, -0.05) is 48.5 Å². The van der Waals surface area contributed by atoms with Crippen molar-refractivity contribution in [3.8, 4) is 11.5 Å². The van der Waals surface area contributed by atoms with Crippen LogP contribution in [0.25, 0.3) is 10.8 Å². The lowest BCUT2D eigenvalue weighted by Crippen LogP contribution is -2.17. The van der Waals surface area contributed by atoms with E-state index >= 15 is 0 Å². The minimum Gasteiger partial charge on any atom is -0.486 e. The second-order valence-electron chi connectivity index (χ2n) is 7.54. The van der Waals surface area contributed by atoms with Crippen molar-refractivity contribution in [2.75, 3.05) is 18.5 Å². The molecule has 0 saturated carbocycles. The van der Waals surface area contributed by atoms with Gasteiger partial charge in [0, 0.05) is 12.5 Å². The maximum absolute atomic E-state index is 12.6. The van der Waals surface area contributed by atoms with Crippen LogP contribution in [0, 0.1) is 0 Å². The van der Waals surface area contributed by atoms with Crippen LogP contribution in [-0.4, -0.2) is 28.9 Å². The van der Waals surface area contributed by atoms with E-state index in [9.17, 15) is 4.79 Å². The summed E-state index contributed by atoms with van der Waals surface area (Å²) in [5.74, 6) is 2.16. The highest BCUT2D eigenvalue weighted by molar-refractivity contribution is 5.90. The van der Waals surface area contributed by atoms with Gasteiger partial charge in [-0.2, -0.15) is 5.10 Å². The number of benzene rings is 3. The quantitative estimate of drug-likeness (QED) is 0.508. The number of rotatable bonds is 6. The molecule has 0 atom stereocenters. The molecular weight excluding hydrogens is 390 g/mol. The number of ether oxygens (including phenoxy) is 2. The number of carbonyl (C=O) groups excluding carboxylic acids is 1. The molecule has 5 rings (SSSR count). The second kappa shape index (κ2) is 8.52. The summed E-state index contributed by atoms with van der Waals surface area (Å²) in [5.41, 5.74) is 2.21. The average molecular weight is 413 g/mol. The predicted molar refractivity (Wildman–Crippen MR) is 120 cm³/mol. The Morgan fingerprint density at radius 3 is 2.74 bits per heavy atom. The highest BCUT2D eigenvalue weighted by Gasteiger charge is 2.13. The molecule has 0 radical (unpaired) electrons. The minimum absolute atomic E-state index is 0.0467. The fraction of sp³-hybridized carbons (Fsp3) is 0.200. The molecule has 0 unspecified atom stereocenters. The maximum Gasteiger partial charge on any atom is 0.225 e. The van der Waals surface area contributed by atoms with Crippen molar-refractivity contribution >= 4 is 22.5 Å². The molecule has 1 aromatic heterocycles. The van der Waals surface area contributed by atoms with Gasteiger partial charge in [0.15, 0.2) is 11.5 Å².